The van der Waals surface area contributed by atoms with Crippen LogP contribution in [0.3, 0.4) is 0 Å². The van der Waals surface area contributed by atoms with Crippen molar-refractivity contribution in [2.75, 3.05) is 25.0 Å². The molecule has 0 radical (unpaired) electrons. The lowest BCUT2D eigenvalue weighted by Crippen LogP contribution is -2.29. The molecule has 6 heteroatoms. The van der Waals surface area contributed by atoms with Crippen LogP contribution in [0.1, 0.15) is 13.3 Å². The number of benzene rings is 1. The molecule has 104 valence electrons. The first-order chi connectivity index (χ1) is 9.11. The maximum absolute atomic E-state index is 12.6. The van der Waals surface area contributed by atoms with E-state index >= 15 is 0 Å². The van der Waals surface area contributed by atoms with Crippen molar-refractivity contribution in [2.24, 2.45) is 0 Å². The molecule has 5 nitrogen and oxygen atoms in total. The summed E-state index contributed by atoms with van der Waals surface area (Å²) in [5.74, 6) is -0.907. The molecule has 1 amide bonds. The van der Waals surface area contributed by atoms with Crippen LogP contribution in [0, 0.1) is 5.82 Å². The topological polar surface area (TPSA) is 67.4 Å². The van der Waals surface area contributed by atoms with Crippen LogP contribution in [0.15, 0.2) is 24.3 Å². The molecule has 0 fully saturated rings. The minimum atomic E-state index is -0.356. The molecule has 2 N–H and O–H groups in total. The normalized spacial score (nSPS) is 10.0. The SMILES string of the molecule is CCOC(=O)CCNCC(=O)Nc1ccc(F)cc1. The monoisotopic (exact) mass is 268 g/mol. The van der Waals surface area contributed by atoms with E-state index in [0.717, 1.165) is 0 Å². The zero-order chi connectivity index (χ0) is 14.1. The molecule has 19 heavy (non-hydrogen) atoms. The second-order valence-corrected chi connectivity index (χ2v) is 3.79. The number of esters is 1. The third-order valence-electron chi connectivity index (χ3n) is 2.22. The number of carbonyl (C=O) groups excluding carboxylic acids is 2. The summed E-state index contributed by atoms with van der Waals surface area (Å²) in [4.78, 5) is 22.5. The zero-order valence-corrected chi connectivity index (χ0v) is 10.7. The first-order valence-corrected chi connectivity index (χ1v) is 6.03. The summed E-state index contributed by atoms with van der Waals surface area (Å²) in [7, 11) is 0. The molecule has 0 aromatic heterocycles. The number of carbonyl (C=O) groups is 2. The van der Waals surface area contributed by atoms with Gasteiger partial charge in [0.05, 0.1) is 19.6 Å². The Labute approximate surface area is 111 Å². The van der Waals surface area contributed by atoms with Gasteiger partial charge >= 0.3 is 5.97 Å². The summed E-state index contributed by atoms with van der Waals surface area (Å²) in [5, 5.41) is 5.42. The fourth-order valence-corrected chi connectivity index (χ4v) is 1.36. The minimum absolute atomic E-state index is 0.0801. The second kappa shape index (κ2) is 8.20. The van der Waals surface area contributed by atoms with E-state index in [0.29, 0.717) is 18.8 Å². The second-order valence-electron chi connectivity index (χ2n) is 3.79. The predicted molar refractivity (Wildman–Crippen MR) is 69.1 cm³/mol. The molecule has 0 saturated carbocycles. The van der Waals surface area contributed by atoms with Gasteiger partial charge in [-0.15, -0.1) is 0 Å². The molecular formula is C13H17FN2O3. The van der Waals surface area contributed by atoms with Gasteiger partial charge in [-0.1, -0.05) is 0 Å². The van der Waals surface area contributed by atoms with Crippen molar-refractivity contribution < 1.29 is 18.7 Å². The molecular weight excluding hydrogens is 251 g/mol. The Hall–Kier alpha value is -1.95. The molecule has 0 saturated heterocycles. The Morgan fingerprint density at radius 3 is 2.58 bits per heavy atom. The van der Waals surface area contributed by atoms with E-state index in [9.17, 15) is 14.0 Å². The summed E-state index contributed by atoms with van der Waals surface area (Å²) in [6.07, 6.45) is 0.220. The van der Waals surface area contributed by atoms with Crippen LogP contribution in [-0.2, 0) is 14.3 Å². The van der Waals surface area contributed by atoms with E-state index in [-0.39, 0.29) is 30.7 Å². The number of halogens is 1. The van der Waals surface area contributed by atoms with Gasteiger partial charge in [-0.3, -0.25) is 9.59 Å². The Morgan fingerprint density at radius 2 is 1.95 bits per heavy atom. The van der Waals surface area contributed by atoms with Crippen LogP contribution in [-0.4, -0.2) is 31.6 Å². The van der Waals surface area contributed by atoms with E-state index in [1.165, 1.54) is 24.3 Å². The van der Waals surface area contributed by atoms with Crippen LogP contribution in [0.5, 0.6) is 0 Å². The molecule has 1 aromatic carbocycles. The van der Waals surface area contributed by atoms with Crippen LogP contribution in [0.4, 0.5) is 10.1 Å². The van der Waals surface area contributed by atoms with E-state index < -0.39 is 0 Å². The lowest BCUT2D eigenvalue weighted by molar-refractivity contribution is -0.143. The van der Waals surface area contributed by atoms with Crippen LogP contribution >= 0.6 is 0 Å². The van der Waals surface area contributed by atoms with Crippen molar-refractivity contribution in [1.82, 2.24) is 5.32 Å². The van der Waals surface area contributed by atoms with Crippen molar-refractivity contribution >= 4 is 17.6 Å². The fourth-order valence-electron chi connectivity index (χ4n) is 1.36. The Bertz CT molecular complexity index is 420. The lowest BCUT2D eigenvalue weighted by atomic mass is 10.3. The molecule has 1 aromatic rings. The Balaban J connectivity index is 2.18. The van der Waals surface area contributed by atoms with E-state index in [1.54, 1.807) is 6.92 Å². The Morgan fingerprint density at radius 1 is 1.26 bits per heavy atom. The number of ether oxygens (including phenoxy) is 1. The van der Waals surface area contributed by atoms with Crippen molar-refractivity contribution in [2.45, 2.75) is 13.3 Å². The van der Waals surface area contributed by atoms with Crippen LogP contribution in [0.25, 0.3) is 0 Å². The van der Waals surface area contributed by atoms with Crippen molar-refractivity contribution in [3.63, 3.8) is 0 Å². The quantitative estimate of drug-likeness (QED) is 0.578. The molecule has 0 aliphatic carbocycles. The third kappa shape index (κ3) is 6.52. The number of nitrogens with one attached hydrogen (secondary N) is 2. The fraction of sp³-hybridized carbons (Fsp3) is 0.385. The predicted octanol–water partition coefficient (Wildman–Crippen LogP) is 1.31. The number of hydrogen-bond donors (Lipinski definition) is 2. The van der Waals surface area contributed by atoms with Gasteiger partial charge in [-0.25, -0.2) is 4.39 Å². The van der Waals surface area contributed by atoms with Crippen molar-refractivity contribution in [3.8, 4) is 0 Å². The van der Waals surface area contributed by atoms with Gasteiger partial charge in [0.25, 0.3) is 0 Å². The van der Waals surface area contributed by atoms with Gasteiger partial charge in [-0.2, -0.15) is 0 Å². The third-order valence-corrected chi connectivity index (χ3v) is 2.22. The summed E-state index contributed by atoms with van der Waals surface area (Å²) >= 11 is 0. The zero-order valence-electron chi connectivity index (χ0n) is 10.7. The Kier molecular flexibility index (Phi) is 6.52. The molecule has 0 aliphatic rings. The molecule has 0 atom stereocenters. The summed E-state index contributed by atoms with van der Waals surface area (Å²) in [5.41, 5.74) is 0.526. The van der Waals surface area contributed by atoms with Crippen molar-refractivity contribution in [3.05, 3.63) is 30.1 Å². The molecule has 1 rings (SSSR count). The summed E-state index contributed by atoms with van der Waals surface area (Å²) in [6, 6.07) is 5.49. The van der Waals surface area contributed by atoms with E-state index in [4.69, 9.17) is 4.74 Å². The maximum Gasteiger partial charge on any atom is 0.307 e. The molecule has 0 bridgehead atoms. The van der Waals surface area contributed by atoms with Crippen LogP contribution < -0.4 is 10.6 Å². The average molecular weight is 268 g/mol. The van der Waals surface area contributed by atoms with E-state index in [1.807, 2.05) is 0 Å². The standard InChI is InChI=1S/C13H17FN2O3/c1-2-19-13(18)7-8-15-9-12(17)16-11-5-3-10(14)4-6-11/h3-6,15H,2,7-9H2,1H3,(H,16,17). The highest BCUT2D eigenvalue weighted by atomic mass is 19.1. The highest BCUT2D eigenvalue weighted by Gasteiger charge is 2.04. The van der Waals surface area contributed by atoms with Gasteiger partial charge in [0, 0.05) is 12.2 Å². The van der Waals surface area contributed by atoms with Crippen LogP contribution in [0.2, 0.25) is 0 Å². The van der Waals surface area contributed by atoms with Gasteiger partial charge in [0.2, 0.25) is 5.91 Å². The number of hydrogen-bond acceptors (Lipinski definition) is 4. The smallest absolute Gasteiger partial charge is 0.307 e. The first kappa shape index (κ1) is 15.1. The first-order valence-electron chi connectivity index (χ1n) is 6.03. The van der Waals surface area contributed by atoms with Gasteiger partial charge in [0.1, 0.15) is 5.82 Å². The summed E-state index contributed by atoms with van der Waals surface area (Å²) in [6.45, 7) is 2.54. The molecule has 0 unspecified atom stereocenters. The molecule has 0 heterocycles. The lowest BCUT2D eigenvalue weighted by Gasteiger charge is -2.06. The van der Waals surface area contributed by atoms with Gasteiger partial charge in [0.15, 0.2) is 0 Å². The number of amides is 1. The summed E-state index contributed by atoms with van der Waals surface area (Å²) < 4.78 is 17.4. The number of rotatable bonds is 7. The maximum atomic E-state index is 12.6. The minimum Gasteiger partial charge on any atom is -0.466 e. The number of anilines is 1. The highest BCUT2D eigenvalue weighted by molar-refractivity contribution is 5.92. The van der Waals surface area contributed by atoms with E-state index in [2.05, 4.69) is 10.6 Å². The molecule has 0 spiro atoms. The van der Waals surface area contributed by atoms with Gasteiger partial charge in [-0.05, 0) is 31.2 Å². The van der Waals surface area contributed by atoms with Gasteiger partial charge < -0.3 is 15.4 Å². The largest absolute Gasteiger partial charge is 0.466 e. The average Bonchev–Trinajstić information content (AvgIpc) is 2.38. The molecule has 0 aliphatic heterocycles. The highest BCUT2D eigenvalue weighted by Crippen LogP contribution is 2.07. The van der Waals surface area contributed by atoms with Crippen molar-refractivity contribution in [1.29, 1.82) is 0 Å².